The van der Waals surface area contributed by atoms with E-state index in [0.717, 1.165) is 11.1 Å². The Morgan fingerprint density at radius 1 is 0.976 bits per heavy atom. The van der Waals surface area contributed by atoms with Gasteiger partial charge in [0.05, 0.1) is 19.2 Å². The Morgan fingerprint density at radius 2 is 1.61 bits per heavy atom. The molecule has 226 valence electrons. The highest BCUT2D eigenvalue weighted by atomic mass is 16.5. The van der Waals surface area contributed by atoms with Crippen LogP contribution in [-0.2, 0) is 30.3 Å². The van der Waals surface area contributed by atoms with E-state index in [1.54, 1.807) is 19.9 Å². The fourth-order valence-electron chi connectivity index (χ4n) is 4.70. The SMILES string of the molecule is COC(=O)[C@@H](NC(=O)N[C@H](C(=O)C[C@H]1CCCCNC(=O)/C=C/[C@H](Cc2ccc(C)cc2)NC1=O)C(C)C)C(C)C. The third-order valence-electron chi connectivity index (χ3n) is 7.19. The first kappa shape index (κ1) is 33.5. The second-order valence-electron chi connectivity index (χ2n) is 11.4. The first-order chi connectivity index (χ1) is 19.4. The molecule has 1 aliphatic rings. The molecule has 4 atom stereocenters. The smallest absolute Gasteiger partial charge is 0.328 e. The van der Waals surface area contributed by atoms with Crippen LogP contribution in [-0.4, -0.2) is 61.4 Å². The summed E-state index contributed by atoms with van der Waals surface area (Å²) in [4.78, 5) is 64.0. The van der Waals surface area contributed by atoms with Gasteiger partial charge >= 0.3 is 12.0 Å². The zero-order chi connectivity index (χ0) is 30.5. The first-order valence-corrected chi connectivity index (χ1v) is 14.4. The number of ketones is 1. The van der Waals surface area contributed by atoms with E-state index >= 15 is 0 Å². The summed E-state index contributed by atoms with van der Waals surface area (Å²) >= 11 is 0. The average molecular weight is 571 g/mol. The van der Waals surface area contributed by atoms with Crippen LogP contribution in [0.4, 0.5) is 4.79 Å². The average Bonchev–Trinajstić information content (AvgIpc) is 2.92. The maximum absolute atomic E-state index is 13.5. The summed E-state index contributed by atoms with van der Waals surface area (Å²) in [6.07, 6.45) is 5.34. The lowest BCUT2D eigenvalue weighted by molar-refractivity contribution is -0.144. The van der Waals surface area contributed by atoms with E-state index in [4.69, 9.17) is 4.74 Å². The van der Waals surface area contributed by atoms with Crippen LogP contribution in [0, 0.1) is 24.7 Å². The summed E-state index contributed by atoms with van der Waals surface area (Å²) in [7, 11) is 1.25. The van der Waals surface area contributed by atoms with Crippen LogP contribution in [0.3, 0.4) is 0 Å². The van der Waals surface area contributed by atoms with Crippen molar-refractivity contribution >= 4 is 29.6 Å². The molecule has 0 aromatic heterocycles. The van der Waals surface area contributed by atoms with E-state index < -0.39 is 36.0 Å². The quantitative estimate of drug-likeness (QED) is 0.319. The van der Waals surface area contributed by atoms with Crippen LogP contribution in [0.15, 0.2) is 36.4 Å². The molecule has 10 nitrogen and oxygen atoms in total. The minimum absolute atomic E-state index is 0.0487. The Kier molecular flexibility index (Phi) is 13.5. The van der Waals surface area contributed by atoms with Crippen molar-refractivity contribution in [3.05, 3.63) is 47.5 Å². The number of benzene rings is 1. The molecule has 1 aliphatic heterocycles. The second kappa shape index (κ2) is 16.5. The van der Waals surface area contributed by atoms with E-state index in [-0.39, 0.29) is 35.9 Å². The lowest BCUT2D eigenvalue weighted by Gasteiger charge is -2.27. The van der Waals surface area contributed by atoms with Crippen molar-refractivity contribution in [3.63, 3.8) is 0 Å². The number of carbonyl (C=O) groups is 5. The number of rotatable bonds is 10. The van der Waals surface area contributed by atoms with Gasteiger partial charge in [-0.1, -0.05) is 70.0 Å². The molecule has 0 unspecified atom stereocenters. The van der Waals surface area contributed by atoms with E-state index in [2.05, 4.69) is 21.3 Å². The van der Waals surface area contributed by atoms with Gasteiger partial charge in [-0.2, -0.15) is 0 Å². The summed E-state index contributed by atoms with van der Waals surface area (Å²) in [6, 6.07) is 5.16. The first-order valence-electron chi connectivity index (χ1n) is 14.4. The number of esters is 1. The van der Waals surface area contributed by atoms with Crippen LogP contribution in [0.25, 0.3) is 0 Å². The summed E-state index contributed by atoms with van der Waals surface area (Å²) in [6.45, 7) is 9.66. The Hall–Kier alpha value is -3.69. The second-order valence-corrected chi connectivity index (χ2v) is 11.4. The molecule has 0 radical (unpaired) electrons. The van der Waals surface area contributed by atoms with Crippen molar-refractivity contribution in [2.75, 3.05) is 13.7 Å². The number of amides is 4. The minimum atomic E-state index is -0.862. The van der Waals surface area contributed by atoms with Gasteiger partial charge in [0.2, 0.25) is 11.8 Å². The van der Waals surface area contributed by atoms with Gasteiger partial charge in [0.25, 0.3) is 0 Å². The largest absolute Gasteiger partial charge is 0.467 e. The number of aryl methyl sites for hydroxylation is 1. The van der Waals surface area contributed by atoms with Crippen molar-refractivity contribution < 1.29 is 28.7 Å². The zero-order valence-electron chi connectivity index (χ0n) is 25.1. The molecule has 1 aromatic carbocycles. The van der Waals surface area contributed by atoms with Gasteiger partial charge in [0.15, 0.2) is 5.78 Å². The van der Waals surface area contributed by atoms with E-state index in [9.17, 15) is 24.0 Å². The predicted octanol–water partition coefficient (Wildman–Crippen LogP) is 2.98. The Bertz CT molecular complexity index is 1080. The monoisotopic (exact) mass is 570 g/mol. The molecule has 1 aromatic rings. The molecule has 0 saturated carbocycles. The molecule has 0 fully saturated rings. The molecule has 41 heavy (non-hydrogen) atoms. The van der Waals surface area contributed by atoms with E-state index in [1.165, 1.54) is 13.2 Å². The van der Waals surface area contributed by atoms with E-state index in [1.807, 2.05) is 45.0 Å². The van der Waals surface area contributed by atoms with Crippen molar-refractivity contribution in [1.29, 1.82) is 0 Å². The highest BCUT2D eigenvalue weighted by molar-refractivity contribution is 5.93. The van der Waals surface area contributed by atoms with Gasteiger partial charge in [0, 0.05) is 25.0 Å². The van der Waals surface area contributed by atoms with Gasteiger partial charge in [-0.05, 0) is 43.6 Å². The highest BCUT2D eigenvalue weighted by Crippen LogP contribution is 2.19. The summed E-state index contributed by atoms with van der Waals surface area (Å²) in [5, 5.41) is 11.2. The normalized spacial score (nSPS) is 20.5. The lowest BCUT2D eigenvalue weighted by atomic mass is 9.88. The van der Waals surface area contributed by atoms with Crippen LogP contribution < -0.4 is 21.3 Å². The van der Waals surface area contributed by atoms with E-state index in [0.29, 0.717) is 32.2 Å². The maximum atomic E-state index is 13.5. The molecule has 0 aliphatic carbocycles. The molecule has 2 rings (SSSR count). The number of carbonyl (C=O) groups excluding carboxylic acids is 5. The lowest BCUT2D eigenvalue weighted by Crippen LogP contribution is -2.54. The van der Waals surface area contributed by atoms with Gasteiger partial charge in [-0.3, -0.25) is 14.4 Å². The van der Waals surface area contributed by atoms with Gasteiger partial charge in [-0.25, -0.2) is 9.59 Å². The van der Waals surface area contributed by atoms with Crippen LogP contribution in [0.5, 0.6) is 0 Å². The van der Waals surface area contributed by atoms with Crippen molar-refractivity contribution in [2.24, 2.45) is 17.8 Å². The standard InChI is InChI=1S/C31H46N4O6/c1-19(2)27(34-31(40)35-28(20(3)4)30(39)41-6)25(36)18-23-9-7-8-16-32-26(37)15-14-24(33-29(23)38)17-22-12-10-21(5)11-13-22/h10-15,19-20,23-24,27-28H,7-9,16-18H2,1-6H3,(H,32,37)(H,33,38)(H2,34,35,40)/b15-14+/t23-,24-,27+,28+/m1/s1. The van der Waals surface area contributed by atoms with Gasteiger partial charge < -0.3 is 26.0 Å². The fourth-order valence-corrected chi connectivity index (χ4v) is 4.70. The van der Waals surface area contributed by atoms with Crippen molar-refractivity contribution in [2.45, 2.75) is 84.8 Å². The minimum Gasteiger partial charge on any atom is -0.467 e. The third kappa shape index (κ3) is 11.4. The molecule has 1 heterocycles. The summed E-state index contributed by atoms with van der Waals surface area (Å²) in [5.41, 5.74) is 2.13. The molecule has 4 N–H and O–H groups in total. The number of Topliss-reactive ketones (excluding diaryl/α,β-unsaturated/α-hetero) is 1. The predicted molar refractivity (Wildman–Crippen MR) is 157 cm³/mol. The number of hydrogen-bond acceptors (Lipinski definition) is 6. The molecule has 10 heteroatoms. The fraction of sp³-hybridized carbons (Fsp3) is 0.581. The molecule has 0 spiro atoms. The highest BCUT2D eigenvalue weighted by Gasteiger charge is 2.32. The van der Waals surface area contributed by atoms with Crippen molar-refractivity contribution in [1.82, 2.24) is 21.3 Å². The zero-order valence-corrected chi connectivity index (χ0v) is 25.1. The van der Waals surface area contributed by atoms with Gasteiger partial charge in [0.1, 0.15) is 6.04 Å². The molecular formula is C31H46N4O6. The number of methoxy groups -OCH3 is 1. The number of nitrogens with one attached hydrogen (secondary N) is 4. The van der Waals surface area contributed by atoms with Crippen LogP contribution in [0.2, 0.25) is 0 Å². The molecule has 4 amide bonds. The molecular weight excluding hydrogens is 524 g/mol. The van der Waals surface area contributed by atoms with Gasteiger partial charge in [-0.15, -0.1) is 0 Å². The molecule has 0 bridgehead atoms. The van der Waals surface area contributed by atoms with Crippen molar-refractivity contribution in [3.8, 4) is 0 Å². The third-order valence-corrected chi connectivity index (χ3v) is 7.19. The number of hydrogen-bond donors (Lipinski definition) is 4. The Morgan fingerprint density at radius 3 is 2.22 bits per heavy atom. The maximum Gasteiger partial charge on any atom is 0.328 e. The Balaban J connectivity index is 2.18. The summed E-state index contributed by atoms with van der Waals surface area (Å²) in [5.74, 6) is -2.37. The Labute approximate surface area is 243 Å². The topological polar surface area (TPSA) is 143 Å². The molecule has 0 saturated heterocycles. The number of urea groups is 1. The van der Waals surface area contributed by atoms with Crippen LogP contribution >= 0.6 is 0 Å². The van der Waals surface area contributed by atoms with Crippen LogP contribution in [0.1, 0.15) is 64.5 Å². The summed E-state index contributed by atoms with van der Waals surface area (Å²) < 4.78 is 4.78. The number of ether oxygens (including phenoxy) is 1.